The van der Waals surface area contributed by atoms with Gasteiger partial charge in [0.25, 0.3) is 0 Å². The first-order chi connectivity index (χ1) is 13.7. The molecule has 0 N–H and O–H groups in total. The van der Waals surface area contributed by atoms with Crippen LogP contribution in [0.1, 0.15) is 11.7 Å². The summed E-state index contributed by atoms with van der Waals surface area (Å²) in [6.45, 7) is 6.33. The first-order valence-electron chi connectivity index (χ1n) is 8.57. The Balaban J connectivity index is 1.52. The van der Waals surface area contributed by atoms with E-state index in [-0.39, 0.29) is 0 Å². The second-order valence-corrected chi connectivity index (χ2v) is 7.39. The van der Waals surface area contributed by atoms with Gasteiger partial charge in [-0.1, -0.05) is 29.4 Å². The van der Waals surface area contributed by atoms with Crippen LogP contribution in [0.5, 0.6) is 0 Å². The molecule has 6 nitrogen and oxygen atoms in total. The molecule has 8 heteroatoms. The van der Waals surface area contributed by atoms with Gasteiger partial charge in [-0.15, -0.1) is 16.8 Å². The lowest BCUT2D eigenvalue weighted by Crippen LogP contribution is -2.00. The number of rotatable bonds is 7. The molecule has 0 unspecified atom stereocenters. The van der Waals surface area contributed by atoms with Crippen LogP contribution in [0, 0.1) is 6.92 Å². The van der Waals surface area contributed by atoms with E-state index in [0.717, 1.165) is 27.9 Å². The number of nitrogens with zero attached hydrogens (tertiary/aromatic N) is 4. The zero-order valence-electron chi connectivity index (χ0n) is 15.1. The van der Waals surface area contributed by atoms with Crippen molar-refractivity contribution in [1.29, 1.82) is 0 Å². The van der Waals surface area contributed by atoms with Gasteiger partial charge in [0.15, 0.2) is 16.7 Å². The van der Waals surface area contributed by atoms with Gasteiger partial charge >= 0.3 is 0 Å². The van der Waals surface area contributed by atoms with Gasteiger partial charge in [-0.3, -0.25) is 4.57 Å². The van der Waals surface area contributed by atoms with E-state index in [1.807, 2.05) is 47.9 Å². The van der Waals surface area contributed by atoms with Gasteiger partial charge in [-0.05, 0) is 37.3 Å². The topological polar surface area (TPSA) is 69.9 Å². The second kappa shape index (κ2) is 8.08. The molecule has 0 saturated carbocycles. The number of halogens is 1. The molecule has 0 saturated heterocycles. The Kier molecular flexibility index (Phi) is 5.36. The van der Waals surface area contributed by atoms with Crippen LogP contribution in [-0.4, -0.2) is 19.7 Å². The summed E-state index contributed by atoms with van der Waals surface area (Å²) in [5, 5.41) is 10.1. The summed E-state index contributed by atoms with van der Waals surface area (Å²) < 4.78 is 13.3. The van der Waals surface area contributed by atoms with Gasteiger partial charge in [-0.25, -0.2) is 4.98 Å². The standard InChI is InChI=1S/C20H17ClN4O2S/c1-3-9-25-19(16-8-10-26-13(16)2)23-24-20(25)28-12-18-22-11-17(27-18)14-4-6-15(21)7-5-14/h3-8,10-11H,1,9,12H2,2H3. The summed E-state index contributed by atoms with van der Waals surface area (Å²) in [7, 11) is 0. The fourth-order valence-electron chi connectivity index (χ4n) is 2.76. The Bertz CT molecular complexity index is 1100. The van der Waals surface area contributed by atoms with Gasteiger partial charge in [0.1, 0.15) is 5.76 Å². The van der Waals surface area contributed by atoms with Crippen molar-refractivity contribution in [3.8, 4) is 22.7 Å². The molecule has 28 heavy (non-hydrogen) atoms. The van der Waals surface area contributed by atoms with E-state index in [0.29, 0.717) is 29.0 Å². The molecule has 3 aromatic heterocycles. The summed E-state index contributed by atoms with van der Waals surface area (Å²) >= 11 is 7.44. The predicted octanol–water partition coefficient (Wildman–Crippen LogP) is 5.63. The molecule has 3 heterocycles. The molecular formula is C20H17ClN4O2S. The summed E-state index contributed by atoms with van der Waals surface area (Å²) in [6, 6.07) is 9.34. The molecule has 0 spiro atoms. The largest absolute Gasteiger partial charge is 0.469 e. The molecular weight excluding hydrogens is 396 g/mol. The van der Waals surface area contributed by atoms with E-state index >= 15 is 0 Å². The van der Waals surface area contributed by atoms with Gasteiger partial charge in [-0.2, -0.15) is 0 Å². The van der Waals surface area contributed by atoms with Gasteiger partial charge in [0, 0.05) is 17.1 Å². The number of thioether (sulfide) groups is 1. The highest BCUT2D eigenvalue weighted by Gasteiger charge is 2.17. The average Bonchev–Trinajstić information content (AvgIpc) is 3.41. The van der Waals surface area contributed by atoms with Crippen LogP contribution in [0.15, 0.2) is 69.4 Å². The van der Waals surface area contributed by atoms with Gasteiger partial charge in [0.2, 0.25) is 5.89 Å². The van der Waals surface area contributed by atoms with Gasteiger partial charge < -0.3 is 8.83 Å². The lowest BCUT2D eigenvalue weighted by molar-refractivity contribution is 0.529. The number of benzene rings is 1. The lowest BCUT2D eigenvalue weighted by Gasteiger charge is -2.06. The van der Waals surface area contributed by atoms with Crippen LogP contribution in [0.2, 0.25) is 5.02 Å². The van der Waals surface area contributed by atoms with Crippen LogP contribution < -0.4 is 0 Å². The van der Waals surface area contributed by atoms with Crippen molar-refractivity contribution in [2.24, 2.45) is 0 Å². The SMILES string of the molecule is C=CCn1c(SCc2ncc(-c3ccc(Cl)cc3)o2)nnc1-c1ccoc1C. The third kappa shape index (κ3) is 3.76. The monoisotopic (exact) mass is 412 g/mol. The highest BCUT2D eigenvalue weighted by Crippen LogP contribution is 2.29. The van der Waals surface area contributed by atoms with Crippen LogP contribution in [0.4, 0.5) is 0 Å². The second-order valence-electron chi connectivity index (χ2n) is 6.01. The summed E-state index contributed by atoms with van der Waals surface area (Å²) in [4.78, 5) is 4.36. The van der Waals surface area contributed by atoms with E-state index in [1.165, 1.54) is 11.8 Å². The van der Waals surface area contributed by atoms with E-state index < -0.39 is 0 Å². The molecule has 0 aliphatic rings. The molecule has 0 amide bonds. The van der Waals surface area contributed by atoms with Crippen molar-refractivity contribution in [3.63, 3.8) is 0 Å². The maximum absolute atomic E-state index is 5.93. The predicted molar refractivity (Wildman–Crippen MR) is 109 cm³/mol. The third-order valence-corrected chi connectivity index (χ3v) is 5.34. The molecule has 0 aliphatic carbocycles. The van der Waals surface area contributed by atoms with Crippen molar-refractivity contribution in [2.75, 3.05) is 0 Å². The van der Waals surface area contributed by atoms with E-state index in [4.69, 9.17) is 20.4 Å². The Hall–Kier alpha value is -2.77. The molecule has 1 aromatic carbocycles. The third-order valence-electron chi connectivity index (χ3n) is 4.14. The Morgan fingerprint density at radius 1 is 1.21 bits per heavy atom. The quantitative estimate of drug-likeness (QED) is 0.289. The number of allylic oxidation sites excluding steroid dienone is 1. The molecule has 4 rings (SSSR count). The fourth-order valence-corrected chi connectivity index (χ4v) is 3.68. The summed E-state index contributed by atoms with van der Waals surface area (Å²) in [5.74, 6) is 3.41. The number of aromatic nitrogens is 4. The normalized spacial score (nSPS) is 11.1. The molecule has 0 bridgehead atoms. The van der Waals surface area contributed by atoms with Gasteiger partial charge in [0.05, 0.1) is 23.8 Å². The Morgan fingerprint density at radius 3 is 2.75 bits per heavy atom. The zero-order valence-corrected chi connectivity index (χ0v) is 16.7. The maximum atomic E-state index is 5.93. The number of oxazole rings is 1. The molecule has 4 aromatic rings. The fraction of sp³-hybridized carbons (Fsp3) is 0.150. The molecule has 0 fully saturated rings. The first-order valence-corrected chi connectivity index (χ1v) is 9.94. The molecule has 0 atom stereocenters. The van der Waals surface area contributed by atoms with E-state index in [1.54, 1.807) is 12.5 Å². The minimum absolute atomic E-state index is 0.535. The molecule has 0 aliphatic heterocycles. The number of hydrogen-bond donors (Lipinski definition) is 0. The number of aryl methyl sites for hydroxylation is 1. The van der Waals surface area contributed by atoms with Crippen molar-refractivity contribution < 1.29 is 8.83 Å². The summed E-state index contributed by atoms with van der Waals surface area (Å²) in [5.41, 5.74) is 1.85. The molecule has 0 radical (unpaired) electrons. The Labute approximate surface area is 171 Å². The highest BCUT2D eigenvalue weighted by atomic mass is 35.5. The minimum Gasteiger partial charge on any atom is -0.469 e. The lowest BCUT2D eigenvalue weighted by atomic mass is 10.2. The van der Waals surface area contributed by atoms with Crippen LogP contribution in [0.25, 0.3) is 22.7 Å². The van der Waals surface area contributed by atoms with Crippen LogP contribution in [0.3, 0.4) is 0 Å². The Morgan fingerprint density at radius 2 is 2.04 bits per heavy atom. The van der Waals surface area contributed by atoms with Crippen molar-refractivity contribution >= 4 is 23.4 Å². The summed E-state index contributed by atoms with van der Waals surface area (Å²) in [6.07, 6.45) is 5.18. The average molecular weight is 413 g/mol. The van der Waals surface area contributed by atoms with Crippen molar-refractivity contribution in [3.05, 3.63) is 72.1 Å². The minimum atomic E-state index is 0.535. The van der Waals surface area contributed by atoms with E-state index in [9.17, 15) is 0 Å². The van der Waals surface area contributed by atoms with Crippen LogP contribution >= 0.6 is 23.4 Å². The van der Waals surface area contributed by atoms with Crippen LogP contribution in [-0.2, 0) is 12.3 Å². The first kappa shape index (κ1) is 18.6. The number of hydrogen-bond acceptors (Lipinski definition) is 6. The molecule has 142 valence electrons. The maximum Gasteiger partial charge on any atom is 0.205 e. The van der Waals surface area contributed by atoms with Crippen molar-refractivity contribution in [1.82, 2.24) is 19.7 Å². The zero-order chi connectivity index (χ0) is 19.5. The van der Waals surface area contributed by atoms with Crippen molar-refractivity contribution in [2.45, 2.75) is 24.4 Å². The highest BCUT2D eigenvalue weighted by molar-refractivity contribution is 7.98. The van der Waals surface area contributed by atoms with E-state index in [2.05, 4.69) is 21.8 Å². The number of furan rings is 1. The smallest absolute Gasteiger partial charge is 0.205 e.